The number of morpholine rings is 1. The lowest BCUT2D eigenvalue weighted by atomic mass is 9.81. The van der Waals surface area contributed by atoms with E-state index in [0.717, 1.165) is 30.8 Å². The van der Waals surface area contributed by atoms with Crippen molar-refractivity contribution in [3.05, 3.63) is 39.9 Å². The number of halogens is 1. The molecule has 3 aliphatic heterocycles. The predicted octanol–water partition coefficient (Wildman–Crippen LogP) is 2.89. The molecule has 5 rings (SSSR count). The van der Waals surface area contributed by atoms with Crippen molar-refractivity contribution in [3.63, 3.8) is 0 Å². The van der Waals surface area contributed by atoms with Crippen LogP contribution in [0.15, 0.2) is 23.6 Å². The number of thiazole rings is 1. The molecule has 0 aliphatic carbocycles. The summed E-state index contributed by atoms with van der Waals surface area (Å²) in [4.78, 5) is 36.0. The minimum Gasteiger partial charge on any atom is -0.378 e. The maximum absolute atomic E-state index is 13.2. The highest BCUT2D eigenvalue weighted by Crippen LogP contribution is 2.47. The summed E-state index contributed by atoms with van der Waals surface area (Å²) in [5, 5.41) is 5.68. The molecule has 8 nitrogen and oxygen atoms in total. The van der Waals surface area contributed by atoms with Gasteiger partial charge in [0.2, 0.25) is 0 Å². The standard InChI is InChI=1S/C21H24ClN5O3S/c1-25-5-4-21(12-25)13-27(17-3-2-14(22)10-15(17)21)20(29)24-19-23-16(11-31-19)18(28)26-6-8-30-9-7-26/h2-3,10-11H,4-9,12-13H2,1H3,(H,23,24,29). The molecule has 2 aromatic rings. The van der Waals surface area contributed by atoms with Gasteiger partial charge < -0.3 is 14.5 Å². The molecule has 31 heavy (non-hydrogen) atoms. The maximum atomic E-state index is 13.2. The van der Waals surface area contributed by atoms with Crippen molar-refractivity contribution in [2.45, 2.75) is 11.8 Å². The van der Waals surface area contributed by atoms with Crippen LogP contribution in [0.5, 0.6) is 0 Å². The van der Waals surface area contributed by atoms with Crippen LogP contribution in [-0.2, 0) is 10.2 Å². The lowest BCUT2D eigenvalue weighted by Crippen LogP contribution is -2.41. The van der Waals surface area contributed by atoms with Crippen molar-refractivity contribution in [2.75, 3.05) is 63.2 Å². The number of fused-ring (bicyclic) bond motifs is 2. The van der Waals surface area contributed by atoms with Crippen molar-refractivity contribution < 1.29 is 14.3 Å². The number of nitrogens with one attached hydrogen (secondary N) is 1. The summed E-state index contributed by atoms with van der Waals surface area (Å²) in [7, 11) is 2.10. The third-order valence-corrected chi connectivity index (χ3v) is 7.30. The second kappa shape index (κ2) is 8.05. The molecule has 4 heterocycles. The normalized spacial score (nSPS) is 23.4. The molecule has 1 N–H and O–H groups in total. The summed E-state index contributed by atoms with van der Waals surface area (Å²) < 4.78 is 5.30. The van der Waals surface area contributed by atoms with Crippen molar-refractivity contribution in [1.29, 1.82) is 0 Å². The number of carbonyl (C=O) groups is 2. The molecule has 0 bridgehead atoms. The number of benzene rings is 1. The molecule has 1 aromatic heterocycles. The SMILES string of the molecule is CN1CCC2(C1)CN(C(=O)Nc1nc(C(=O)N3CCOCC3)cs1)c1ccc(Cl)cc12. The van der Waals surface area contributed by atoms with E-state index < -0.39 is 0 Å². The van der Waals surface area contributed by atoms with Crippen LogP contribution in [0.2, 0.25) is 5.02 Å². The van der Waals surface area contributed by atoms with Crippen molar-refractivity contribution in [2.24, 2.45) is 0 Å². The van der Waals surface area contributed by atoms with Gasteiger partial charge in [0.25, 0.3) is 5.91 Å². The van der Waals surface area contributed by atoms with Gasteiger partial charge in [-0.1, -0.05) is 11.6 Å². The molecule has 0 saturated carbocycles. The first kappa shape index (κ1) is 20.7. The summed E-state index contributed by atoms with van der Waals surface area (Å²) in [6.07, 6.45) is 0.982. The molecule has 2 fully saturated rings. The summed E-state index contributed by atoms with van der Waals surface area (Å²) in [5.41, 5.74) is 2.26. The number of carbonyl (C=O) groups excluding carboxylic acids is 2. The summed E-state index contributed by atoms with van der Waals surface area (Å²) in [5.74, 6) is -0.130. The zero-order chi connectivity index (χ0) is 21.6. The van der Waals surface area contributed by atoms with E-state index in [0.29, 0.717) is 48.7 Å². The van der Waals surface area contributed by atoms with Gasteiger partial charge in [-0.2, -0.15) is 0 Å². The lowest BCUT2D eigenvalue weighted by molar-refractivity contribution is 0.0299. The Labute approximate surface area is 189 Å². The van der Waals surface area contributed by atoms with E-state index in [4.69, 9.17) is 16.3 Å². The molecular weight excluding hydrogens is 438 g/mol. The van der Waals surface area contributed by atoms with Crippen molar-refractivity contribution in [1.82, 2.24) is 14.8 Å². The zero-order valence-corrected chi connectivity index (χ0v) is 18.8. The molecule has 2 saturated heterocycles. The molecule has 164 valence electrons. The van der Waals surface area contributed by atoms with Crippen LogP contribution in [0.25, 0.3) is 0 Å². The Morgan fingerprint density at radius 1 is 1.23 bits per heavy atom. The number of likely N-dealkylation sites (tertiary alicyclic amines) is 1. The molecule has 10 heteroatoms. The van der Waals surface area contributed by atoms with Gasteiger partial charge in [0.05, 0.1) is 13.2 Å². The van der Waals surface area contributed by atoms with Gasteiger partial charge in [-0.05, 0) is 43.8 Å². The van der Waals surface area contributed by atoms with Crippen LogP contribution in [0.1, 0.15) is 22.5 Å². The molecule has 1 atom stereocenters. The van der Waals surface area contributed by atoms with Crippen LogP contribution in [0, 0.1) is 0 Å². The molecule has 1 unspecified atom stereocenters. The van der Waals surface area contributed by atoms with E-state index in [2.05, 4.69) is 22.2 Å². The largest absolute Gasteiger partial charge is 0.378 e. The average molecular weight is 462 g/mol. The highest BCUT2D eigenvalue weighted by Gasteiger charge is 2.48. The van der Waals surface area contributed by atoms with Gasteiger partial charge in [0.1, 0.15) is 5.69 Å². The molecule has 1 spiro atoms. The summed E-state index contributed by atoms with van der Waals surface area (Å²) in [6.45, 7) is 4.66. The third kappa shape index (κ3) is 3.80. The zero-order valence-electron chi connectivity index (χ0n) is 17.3. The number of hydrogen-bond donors (Lipinski definition) is 1. The quantitative estimate of drug-likeness (QED) is 0.744. The van der Waals surface area contributed by atoms with E-state index in [1.165, 1.54) is 11.3 Å². The smallest absolute Gasteiger partial charge is 0.328 e. The Hall–Kier alpha value is -2.20. The van der Waals surface area contributed by atoms with Crippen LogP contribution in [0.3, 0.4) is 0 Å². The Bertz CT molecular complexity index is 1020. The van der Waals surface area contributed by atoms with Crippen molar-refractivity contribution >= 4 is 45.7 Å². The number of urea groups is 1. The molecule has 3 aliphatic rings. The van der Waals surface area contributed by atoms with Crippen LogP contribution < -0.4 is 10.2 Å². The number of nitrogens with zero attached hydrogens (tertiary/aromatic N) is 4. The number of rotatable bonds is 2. The maximum Gasteiger partial charge on any atom is 0.328 e. The number of anilines is 2. The number of ether oxygens (including phenoxy) is 1. The Balaban J connectivity index is 1.33. The lowest BCUT2D eigenvalue weighted by Gasteiger charge is -2.26. The highest BCUT2D eigenvalue weighted by atomic mass is 35.5. The fraction of sp³-hybridized carbons (Fsp3) is 0.476. The van der Waals surface area contributed by atoms with E-state index in [1.54, 1.807) is 15.2 Å². The number of aromatic nitrogens is 1. The second-order valence-corrected chi connectivity index (χ2v) is 9.68. The number of hydrogen-bond acceptors (Lipinski definition) is 6. The van der Waals surface area contributed by atoms with Crippen molar-refractivity contribution in [3.8, 4) is 0 Å². The first-order valence-electron chi connectivity index (χ1n) is 10.3. The Kier molecular flexibility index (Phi) is 5.37. The molecule has 3 amide bonds. The fourth-order valence-corrected chi connectivity index (χ4v) is 5.61. The Morgan fingerprint density at radius 3 is 2.77 bits per heavy atom. The molecule has 0 radical (unpaired) electrons. The monoisotopic (exact) mass is 461 g/mol. The van der Waals surface area contributed by atoms with Gasteiger partial charge >= 0.3 is 6.03 Å². The minimum atomic E-state index is -0.241. The number of likely N-dealkylation sites (N-methyl/N-ethyl adjacent to an activating group) is 1. The number of amides is 3. The van der Waals surface area contributed by atoms with E-state index >= 15 is 0 Å². The third-order valence-electron chi connectivity index (χ3n) is 6.31. The van der Waals surface area contributed by atoms with Gasteiger partial charge in [0, 0.05) is 47.7 Å². The van der Waals surface area contributed by atoms with Gasteiger partial charge in [-0.3, -0.25) is 15.0 Å². The molecular formula is C21H24ClN5O3S. The van der Waals surface area contributed by atoms with Crippen LogP contribution >= 0.6 is 22.9 Å². The van der Waals surface area contributed by atoms with Crippen LogP contribution in [-0.4, -0.2) is 79.7 Å². The van der Waals surface area contributed by atoms with Crippen LogP contribution in [0.4, 0.5) is 15.6 Å². The second-order valence-electron chi connectivity index (χ2n) is 8.39. The first-order valence-corrected chi connectivity index (χ1v) is 11.6. The topological polar surface area (TPSA) is 78.0 Å². The predicted molar refractivity (Wildman–Crippen MR) is 120 cm³/mol. The minimum absolute atomic E-state index is 0.105. The summed E-state index contributed by atoms with van der Waals surface area (Å²) >= 11 is 7.55. The first-order chi connectivity index (χ1) is 14.9. The average Bonchev–Trinajstić information content (AvgIpc) is 3.47. The van der Waals surface area contributed by atoms with Gasteiger partial charge in [-0.25, -0.2) is 9.78 Å². The molecule has 1 aromatic carbocycles. The fourth-order valence-electron chi connectivity index (χ4n) is 4.77. The summed E-state index contributed by atoms with van der Waals surface area (Å²) in [6, 6.07) is 5.49. The van der Waals surface area contributed by atoms with Gasteiger partial charge in [0.15, 0.2) is 5.13 Å². The highest BCUT2D eigenvalue weighted by molar-refractivity contribution is 7.14. The van der Waals surface area contributed by atoms with E-state index in [9.17, 15) is 9.59 Å². The van der Waals surface area contributed by atoms with E-state index in [-0.39, 0.29) is 17.4 Å². The van der Waals surface area contributed by atoms with E-state index in [1.807, 2.05) is 18.2 Å². The Morgan fingerprint density at radius 2 is 2.03 bits per heavy atom. The van der Waals surface area contributed by atoms with Gasteiger partial charge in [-0.15, -0.1) is 11.3 Å².